The second kappa shape index (κ2) is 5.39. The van der Waals surface area contributed by atoms with Gasteiger partial charge in [0.05, 0.1) is 11.9 Å². The first-order valence-corrected chi connectivity index (χ1v) is 7.65. The zero-order valence-electron chi connectivity index (χ0n) is 12.5. The SMILES string of the molecule is O=C(O)c1c[nH]c2ncc(-c3cccc(N4CCCC4)c3)nc12. The molecule has 2 aromatic heterocycles. The van der Waals surface area contributed by atoms with Gasteiger partial charge in [-0.3, -0.25) is 0 Å². The van der Waals surface area contributed by atoms with Gasteiger partial charge in [-0.15, -0.1) is 0 Å². The molecule has 116 valence electrons. The molecule has 0 bridgehead atoms. The normalized spacial score (nSPS) is 14.5. The number of aromatic carboxylic acids is 1. The van der Waals surface area contributed by atoms with Crippen LogP contribution in [0.2, 0.25) is 0 Å². The lowest BCUT2D eigenvalue weighted by atomic mass is 10.1. The minimum absolute atomic E-state index is 0.144. The highest BCUT2D eigenvalue weighted by Gasteiger charge is 2.15. The number of hydrogen-bond acceptors (Lipinski definition) is 4. The van der Waals surface area contributed by atoms with Gasteiger partial charge in [-0.05, 0) is 25.0 Å². The van der Waals surface area contributed by atoms with E-state index in [9.17, 15) is 9.90 Å². The van der Waals surface area contributed by atoms with E-state index in [0.717, 1.165) is 18.7 Å². The fourth-order valence-corrected chi connectivity index (χ4v) is 3.03. The molecule has 1 aliphatic rings. The van der Waals surface area contributed by atoms with Crippen molar-refractivity contribution in [2.75, 3.05) is 18.0 Å². The number of carboxylic acid groups (broad SMARTS) is 1. The molecule has 2 N–H and O–H groups in total. The fraction of sp³-hybridized carbons (Fsp3) is 0.235. The van der Waals surface area contributed by atoms with E-state index >= 15 is 0 Å². The molecule has 3 heterocycles. The van der Waals surface area contributed by atoms with Gasteiger partial charge in [0.1, 0.15) is 11.1 Å². The molecule has 6 heteroatoms. The van der Waals surface area contributed by atoms with Gasteiger partial charge in [0, 0.05) is 30.5 Å². The summed E-state index contributed by atoms with van der Waals surface area (Å²) in [7, 11) is 0. The van der Waals surface area contributed by atoms with E-state index in [1.807, 2.05) is 12.1 Å². The van der Waals surface area contributed by atoms with Crippen LogP contribution in [0.1, 0.15) is 23.2 Å². The van der Waals surface area contributed by atoms with Crippen LogP contribution in [-0.2, 0) is 0 Å². The van der Waals surface area contributed by atoms with Crippen molar-refractivity contribution in [3.05, 3.63) is 42.2 Å². The topological polar surface area (TPSA) is 82.1 Å². The van der Waals surface area contributed by atoms with Crippen LogP contribution in [-0.4, -0.2) is 39.1 Å². The lowest BCUT2D eigenvalue weighted by Gasteiger charge is -2.18. The van der Waals surface area contributed by atoms with Crippen LogP contribution < -0.4 is 4.90 Å². The van der Waals surface area contributed by atoms with Crippen molar-refractivity contribution >= 4 is 22.8 Å². The summed E-state index contributed by atoms with van der Waals surface area (Å²) in [4.78, 5) is 25.2. The molecule has 1 fully saturated rings. The molecule has 0 atom stereocenters. The Labute approximate surface area is 132 Å². The highest BCUT2D eigenvalue weighted by molar-refractivity contribution is 6.00. The highest BCUT2D eigenvalue weighted by atomic mass is 16.4. The number of nitrogens with zero attached hydrogens (tertiary/aromatic N) is 3. The third-order valence-electron chi connectivity index (χ3n) is 4.22. The zero-order valence-corrected chi connectivity index (χ0v) is 12.5. The molecular weight excluding hydrogens is 292 g/mol. The maximum atomic E-state index is 11.3. The van der Waals surface area contributed by atoms with Gasteiger partial charge in [0.25, 0.3) is 0 Å². The molecule has 6 nitrogen and oxygen atoms in total. The van der Waals surface area contributed by atoms with Gasteiger partial charge in [-0.1, -0.05) is 12.1 Å². The van der Waals surface area contributed by atoms with E-state index < -0.39 is 5.97 Å². The second-order valence-corrected chi connectivity index (χ2v) is 5.70. The van der Waals surface area contributed by atoms with Gasteiger partial charge in [0.2, 0.25) is 0 Å². The monoisotopic (exact) mass is 308 g/mol. The Balaban J connectivity index is 1.77. The standard InChI is InChI=1S/C17H16N4O2/c22-17(23)13-9-18-16-15(13)20-14(10-19-16)11-4-3-5-12(8-11)21-6-1-2-7-21/h3-5,8-10H,1-2,6-7H2,(H,18,19)(H,22,23). The zero-order chi connectivity index (χ0) is 15.8. The van der Waals surface area contributed by atoms with Crippen molar-refractivity contribution in [1.29, 1.82) is 0 Å². The fourth-order valence-electron chi connectivity index (χ4n) is 3.03. The first-order chi connectivity index (χ1) is 11.2. The number of fused-ring (bicyclic) bond motifs is 1. The van der Waals surface area contributed by atoms with Crippen molar-refractivity contribution in [3.63, 3.8) is 0 Å². The molecule has 0 unspecified atom stereocenters. The van der Waals surface area contributed by atoms with Crippen molar-refractivity contribution in [3.8, 4) is 11.3 Å². The molecule has 0 saturated carbocycles. The van der Waals surface area contributed by atoms with Crippen molar-refractivity contribution in [2.24, 2.45) is 0 Å². The summed E-state index contributed by atoms with van der Waals surface area (Å²) in [5, 5.41) is 9.23. The molecule has 3 aromatic rings. The number of hydrogen-bond donors (Lipinski definition) is 2. The third-order valence-corrected chi connectivity index (χ3v) is 4.22. The van der Waals surface area contributed by atoms with Crippen molar-refractivity contribution in [2.45, 2.75) is 12.8 Å². The van der Waals surface area contributed by atoms with Crippen LogP contribution in [0.15, 0.2) is 36.7 Å². The van der Waals surface area contributed by atoms with E-state index in [4.69, 9.17) is 0 Å². The summed E-state index contributed by atoms with van der Waals surface area (Å²) in [6.07, 6.45) is 5.55. The van der Waals surface area contributed by atoms with Crippen LogP contribution in [0.3, 0.4) is 0 Å². The van der Waals surface area contributed by atoms with Gasteiger partial charge < -0.3 is 15.0 Å². The Kier molecular flexibility index (Phi) is 3.22. The maximum absolute atomic E-state index is 11.3. The molecule has 1 aliphatic heterocycles. The first kappa shape index (κ1) is 13.8. The van der Waals surface area contributed by atoms with Gasteiger partial charge in [0.15, 0.2) is 5.65 Å². The maximum Gasteiger partial charge on any atom is 0.339 e. The number of rotatable bonds is 3. The largest absolute Gasteiger partial charge is 0.478 e. The minimum atomic E-state index is -1.01. The Bertz CT molecular complexity index is 881. The van der Waals surface area contributed by atoms with Crippen molar-refractivity contribution in [1.82, 2.24) is 15.0 Å². The molecule has 1 saturated heterocycles. The number of nitrogens with one attached hydrogen (secondary N) is 1. The Morgan fingerprint density at radius 2 is 2.09 bits per heavy atom. The van der Waals surface area contributed by atoms with E-state index in [1.165, 1.54) is 24.7 Å². The van der Waals surface area contributed by atoms with Crippen LogP contribution in [0, 0.1) is 0 Å². The summed E-state index contributed by atoms with van der Waals surface area (Å²) >= 11 is 0. The minimum Gasteiger partial charge on any atom is -0.478 e. The predicted octanol–water partition coefficient (Wildman–Crippen LogP) is 2.92. The summed E-state index contributed by atoms with van der Waals surface area (Å²) in [5.74, 6) is -1.01. The summed E-state index contributed by atoms with van der Waals surface area (Å²) in [5.41, 5.74) is 3.82. The molecule has 1 aromatic carbocycles. The van der Waals surface area contributed by atoms with Gasteiger partial charge in [-0.25, -0.2) is 14.8 Å². The summed E-state index contributed by atoms with van der Waals surface area (Å²) in [6, 6.07) is 8.17. The lowest BCUT2D eigenvalue weighted by molar-refractivity contribution is 0.0699. The smallest absolute Gasteiger partial charge is 0.339 e. The molecule has 0 amide bonds. The van der Waals surface area contributed by atoms with E-state index in [0.29, 0.717) is 16.9 Å². The van der Waals surface area contributed by atoms with Gasteiger partial charge in [-0.2, -0.15) is 0 Å². The number of carboxylic acids is 1. The molecule has 4 rings (SSSR count). The molecule has 23 heavy (non-hydrogen) atoms. The second-order valence-electron chi connectivity index (χ2n) is 5.70. The van der Waals surface area contributed by atoms with Crippen LogP contribution in [0.25, 0.3) is 22.4 Å². The van der Waals surface area contributed by atoms with Crippen LogP contribution in [0.5, 0.6) is 0 Å². The third kappa shape index (κ3) is 2.42. The molecule has 0 spiro atoms. The van der Waals surface area contributed by atoms with Crippen LogP contribution >= 0.6 is 0 Å². The summed E-state index contributed by atoms with van der Waals surface area (Å²) < 4.78 is 0. The number of H-pyrrole nitrogens is 1. The van der Waals surface area contributed by atoms with E-state index in [-0.39, 0.29) is 5.56 Å². The van der Waals surface area contributed by atoms with E-state index in [2.05, 4.69) is 32.0 Å². The number of aromatic amines is 1. The Hall–Kier alpha value is -2.89. The van der Waals surface area contributed by atoms with E-state index in [1.54, 1.807) is 6.20 Å². The lowest BCUT2D eigenvalue weighted by Crippen LogP contribution is -2.17. The molecule has 0 aliphatic carbocycles. The molecular formula is C17H16N4O2. The Morgan fingerprint density at radius 1 is 1.26 bits per heavy atom. The highest BCUT2D eigenvalue weighted by Crippen LogP contribution is 2.27. The molecule has 0 radical (unpaired) electrons. The first-order valence-electron chi connectivity index (χ1n) is 7.65. The number of benzene rings is 1. The average molecular weight is 308 g/mol. The van der Waals surface area contributed by atoms with Crippen molar-refractivity contribution < 1.29 is 9.90 Å². The van der Waals surface area contributed by atoms with Gasteiger partial charge >= 0.3 is 5.97 Å². The number of carbonyl (C=O) groups is 1. The number of anilines is 1. The Morgan fingerprint density at radius 3 is 2.87 bits per heavy atom. The quantitative estimate of drug-likeness (QED) is 0.777. The predicted molar refractivity (Wildman–Crippen MR) is 87.7 cm³/mol. The number of aromatic nitrogens is 3. The van der Waals surface area contributed by atoms with Crippen LogP contribution in [0.4, 0.5) is 5.69 Å². The average Bonchev–Trinajstić information content (AvgIpc) is 3.24. The summed E-state index contributed by atoms with van der Waals surface area (Å²) in [6.45, 7) is 2.16.